The normalized spacial score (nSPS) is 44.9. The zero-order valence-corrected chi connectivity index (χ0v) is 16.7. The summed E-state index contributed by atoms with van der Waals surface area (Å²) < 4.78 is 12.4. The summed E-state index contributed by atoms with van der Waals surface area (Å²) in [4.78, 5) is 35.1. The largest absolute Gasteiger partial charge is 0.374 e. The second-order valence-corrected chi connectivity index (χ2v) is 9.82. The molecule has 0 aromatic carbocycles. The van der Waals surface area contributed by atoms with Crippen LogP contribution in [0.25, 0.3) is 0 Å². The molecule has 0 saturated carbocycles. The molecule has 5 fully saturated rings. The van der Waals surface area contributed by atoms with Crippen molar-refractivity contribution in [3.63, 3.8) is 0 Å². The van der Waals surface area contributed by atoms with Crippen LogP contribution in [-0.4, -0.2) is 70.1 Å². The Morgan fingerprint density at radius 3 is 2.77 bits per heavy atom. The maximum Gasteiger partial charge on any atom is 0.230 e. The van der Waals surface area contributed by atoms with Gasteiger partial charge in [-0.05, 0) is 24.5 Å². The second kappa shape index (κ2) is 5.92. The van der Waals surface area contributed by atoms with Crippen LogP contribution in [0, 0.1) is 23.7 Å². The number of nitrogens with zero attached hydrogens (tertiary/aromatic N) is 3. The molecule has 5 saturated heterocycles. The highest BCUT2D eigenvalue weighted by molar-refractivity contribution is 5.93. The summed E-state index contributed by atoms with van der Waals surface area (Å²) in [6.45, 7) is 2.55. The molecule has 1 spiro atoms. The van der Waals surface area contributed by atoms with Gasteiger partial charge in [0, 0.05) is 43.9 Å². The highest BCUT2D eigenvalue weighted by Crippen LogP contribution is 2.54. The summed E-state index contributed by atoms with van der Waals surface area (Å²) in [5.41, 5.74) is 0.341. The van der Waals surface area contributed by atoms with E-state index in [2.05, 4.69) is 4.98 Å². The molecule has 7 nitrogen and oxygen atoms in total. The molecule has 7 heteroatoms. The molecule has 0 radical (unpaired) electrons. The fourth-order valence-corrected chi connectivity index (χ4v) is 7.06. The van der Waals surface area contributed by atoms with Crippen LogP contribution >= 0.6 is 0 Å². The number of carbonyl (C=O) groups excluding carboxylic acids is 2. The molecular formula is C23H25N3O4. The van der Waals surface area contributed by atoms with E-state index in [1.54, 1.807) is 12.4 Å². The van der Waals surface area contributed by atoms with E-state index in [0.717, 1.165) is 31.5 Å². The number of rotatable bonds is 3. The average Bonchev–Trinajstić information content (AvgIpc) is 3.56. The lowest BCUT2D eigenvalue weighted by Crippen LogP contribution is -2.45. The lowest BCUT2D eigenvalue weighted by Gasteiger charge is -2.28. The molecular weight excluding hydrogens is 382 g/mol. The number of fused-ring (bicyclic) bond motifs is 6. The standard InChI is InChI=1S/C23H25N3O4/c27-21(25-10-14-15(11-25)17-4-3-16(14)29-17)19-18-5-6-23(30-18)12-26(22(28)20(19)23)9-13-2-1-7-24-8-13/h1-2,5-8,14-20H,3-4,9-12H2/t14-,15+,16+,17-,18-,19?,20?,23-/m0/s1. The van der Waals surface area contributed by atoms with E-state index in [-0.39, 0.29) is 17.9 Å². The predicted molar refractivity (Wildman–Crippen MR) is 105 cm³/mol. The van der Waals surface area contributed by atoms with Gasteiger partial charge in [0.2, 0.25) is 11.8 Å². The Bertz CT molecular complexity index is 933. The molecule has 1 aromatic heterocycles. The zero-order valence-electron chi connectivity index (χ0n) is 16.7. The number of pyridine rings is 1. The third-order valence-electron chi connectivity index (χ3n) is 8.32. The summed E-state index contributed by atoms with van der Waals surface area (Å²) in [5.74, 6) is 0.258. The molecule has 6 aliphatic heterocycles. The Morgan fingerprint density at radius 1 is 1.23 bits per heavy atom. The molecule has 30 heavy (non-hydrogen) atoms. The van der Waals surface area contributed by atoms with Crippen LogP contribution in [0.1, 0.15) is 18.4 Å². The third kappa shape index (κ3) is 2.20. The van der Waals surface area contributed by atoms with Crippen molar-refractivity contribution in [3.8, 4) is 0 Å². The van der Waals surface area contributed by atoms with Crippen molar-refractivity contribution in [2.24, 2.45) is 23.7 Å². The maximum atomic E-state index is 13.6. The summed E-state index contributed by atoms with van der Waals surface area (Å²) in [6.07, 6.45) is 10.2. The van der Waals surface area contributed by atoms with Gasteiger partial charge in [-0.1, -0.05) is 18.2 Å². The molecule has 2 amide bonds. The van der Waals surface area contributed by atoms with Gasteiger partial charge in [0.25, 0.3) is 0 Å². The van der Waals surface area contributed by atoms with Gasteiger partial charge in [0.05, 0.1) is 36.7 Å². The Labute approximate surface area is 175 Å². The summed E-state index contributed by atoms with van der Waals surface area (Å²) in [6, 6.07) is 3.85. The number of hydrogen-bond acceptors (Lipinski definition) is 5. The van der Waals surface area contributed by atoms with E-state index in [1.807, 2.05) is 34.1 Å². The Balaban J connectivity index is 1.14. The van der Waals surface area contributed by atoms with Crippen LogP contribution in [0.3, 0.4) is 0 Å². The van der Waals surface area contributed by atoms with Crippen molar-refractivity contribution in [2.45, 2.75) is 43.3 Å². The van der Waals surface area contributed by atoms with E-state index in [0.29, 0.717) is 37.1 Å². The van der Waals surface area contributed by atoms with E-state index in [4.69, 9.17) is 9.47 Å². The van der Waals surface area contributed by atoms with Crippen LogP contribution in [0.15, 0.2) is 36.7 Å². The average molecular weight is 407 g/mol. The molecule has 7 rings (SSSR count). The van der Waals surface area contributed by atoms with Crippen molar-refractivity contribution in [3.05, 3.63) is 42.2 Å². The first-order chi connectivity index (χ1) is 14.6. The first-order valence-electron chi connectivity index (χ1n) is 11.1. The molecule has 0 N–H and O–H groups in total. The highest BCUT2D eigenvalue weighted by atomic mass is 16.5. The van der Waals surface area contributed by atoms with Gasteiger partial charge in [0.1, 0.15) is 5.60 Å². The van der Waals surface area contributed by atoms with Gasteiger partial charge in [0.15, 0.2) is 0 Å². The number of ether oxygens (including phenoxy) is 2. The van der Waals surface area contributed by atoms with Gasteiger partial charge in [-0.3, -0.25) is 14.6 Å². The van der Waals surface area contributed by atoms with E-state index < -0.39 is 17.4 Å². The first-order valence-corrected chi connectivity index (χ1v) is 11.1. The minimum absolute atomic E-state index is 0.0341. The maximum absolute atomic E-state index is 13.6. The van der Waals surface area contributed by atoms with Gasteiger partial charge in [-0.25, -0.2) is 0 Å². The Kier molecular flexibility index (Phi) is 3.44. The number of hydrogen-bond donors (Lipinski definition) is 0. The number of carbonyl (C=O) groups is 2. The summed E-state index contributed by atoms with van der Waals surface area (Å²) in [7, 11) is 0. The quantitative estimate of drug-likeness (QED) is 0.699. The summed E-state index contributed by atoms with van der Waals surface area (Å²) >= 11 is 0. The molecule has 156 valence electrons. The van der Waals surface area contributed by atoms with Crippen LogP contribution in [0.5, 0.6) is 0 Å². The topological polar surface area (TPSA) is 72.0 Å². The molecule has 7 heterocycles. The minimum atomic E-state index is -0.651. The van der Waals surface area contributed by atoms with E-state index >= 15 is 0 Å². The van der Waals surface area contributed by atoms with Crippen molar-refractivity contribution >= 4 is 11.8 Å². The highest BCUT2D eigenvalue weighted by Gasteiger charge is 2.67. The van der Waals surface area contributed by atoms with Crippen molar-refractivity contribution in [1.29, 1.82) is 0 Å². The molecule has 1 aromatic rings. The Hall–Kier alpha value is -2.25. The minimum Gasteiger partial charge on any atom is -0.374 e. The van der Waals surface area contributed by atoms with Gasteiger partial charge >= 0.3 is 0 Å². The SMILES string of the molecule is O=C(C1C2C(=O)N(Cc3cccnc3)C[C@@]23C=C[C@@H]1O3)N1C[C@@H]2[C@H](C1)[C@H]1CC[C@@H]2O1. The molecule has 8 atom stereocenters. The number of likely N-dealkylation sites (tertiary alicyclic amines) is 2. The van der Waals surface area contributed by atoms with Crippen LogP contribution in [0.4, 0.5) is 0 Å². The fraction of sp³-hybridized carbons (Fsp3) is 0.609. The third-order valence-corrected chi connectivity index (χ3v) is 8.32. The van der Waals surface area contributed by atoms with E-state index in [1.165, 1.54) is 0 Å². The molecule has 4 bridgehead atoms. The van der Waals surface area contributed by atoms with Crippen LogP contribution in [0.2, 0.25) is 0 Å². The number of aromatic nitrogens is 1. The van der Waals surface area contributed by atoms with Crippen molar-refractivity contribution < 1.29 is 19.1 Å². The first kappa shape index (κ1) is 17.4. The zero-order chi connectivity index (χ0) is 20.0. The van der Waals surface area contributed by atoms with Gasteiger partial charge in [-0.2, -0.15) is 0 Å². The molecule has 0 aliphatic carbocycles. The lowest BCUT2D eigenvalue weighted by molar-refractivity contribution is -0.143. The van der Waals surface area contributed by atoms with Gasteiger partial charge in [-0.15, -0.1) is 0 Å². The van der Waals surface area contributed by atoms with Crippen molar-refractivity contribution in [2.75, 3.05) is 19.6 Å². The Morgan fingerprint density at radius 2 is 2.03 bits per heavy atom. The molecule has 2 unspecified atom stereocenters. The number of amides is 2. The smallest absolute Gasteiger partial charge is 0.230 e. The monoisotopic (exact) mass is 407 g/mol. The lowest BCUT2D eigenvalue weighted by atomic mass is 9.76. The molecule has 6 aliphatic rings. The van der Waals surface area contributed by atoms with Crippen LogP contribution in [-0.2, 0) is 25.6 Å². The fourth-order valence-electron chi connectivity index (χ4n) is 7.06. The van der Waals surface area contributed by atoms with Crippen LogP contribution < -0.4 is 0 Å². The van der Waals surface area contributed by atoms with E-state index in [9.17, 15) is 9.59 Å². The summed E-state index contributed by atoms with van der Waals surface area (Å²) in [5, 5.41) is 0. The second-order valence-electron chi connectivity index (χ2n) is 9.82. The van der Waals surface area contributed by atoms with Crippen molar-refractivity contribution in [1.82, 2.24) is 14.8 Å². The van der Waals surface area contributed by atoms with Gasteiger partial charge < -0.3 is 19.3 Å². The predicted octanol–water partition coefficient (Wildman–Crippen LogP) is 0.999.